The molecule has 1 N–H and O–H groups in total. The molecule has 0 atom stereocenters. The average Bonchev–Trinajstić information content (AvgIpc) is 2.41. The van der Waals surface area contributed by atoms with Gasteiger partial charge in [-0.3, -0.25) is 0 Å². The summed E-state index contributed by atoms with van der Waals surface area (Å²) >= 11 is 6.08. The van der Waals surface area contributed by atoms with Crippen LogP contribution in [0.3, 0.4) is 0 Å². The van der Waals surface area contributed by atoms with Gasteiger partial charge in [-0.05, 0) is 36.3 Å². The molecule has 1 heterocycles. The maximum Gasteiger partial charge on any atom is 0.321 e. The second-order valence-electron chi connectivity index (χ2n) is 4.50. The SMILES string of the molecule is C=C(C)c1cc(NC(=O)N2CCOCC2)ccc1Cl. The van der Waals surface area contributed by atoms with Gasteiger partial charge in [0.25, 0.3) is 0 Å². The summed E-state index contributed by atoms with van der Waals surface area (Å²) in [5.41, 5.74) is 2.44. The lowest BCUT2D eigenvalue weighted by Gasteiger charge is -2.27. The zero-order valence-electron chi connectivity index (χ0n) is 10.9. The van der Waals surface area contributed by atoms with Crippen LogP contribution in [0.5, 0.6) is 0 Å². The Hall–Kier alpha value is -1.52. The fourth-order valence-electron chi connectivity index (χ4n) is 1.90. The number of amides is 2. The summed E-state index contributed by atoms with van der Waals surface area (Å²) in [6, 6.07) is 5.27. The van der Waals surface area contributed by atoms with E-state index in [1.165, 1.54) is 0 Å². The number of halogens is 1. The minimum atomic E-state index is -0.113. The van der Waals surface area contributed by atoms with Crippen molar-refractivity contribution in [1.82, 2.24) is 4.90 Å². The number of benzene rings is 1. The third-order valence-corrected chi connectivity index (χ3v) is 3.31. The topological polar surface area (TPSA) is 41.6 Å². The van der Waals surface area contributed by atoms with Gasteiger partial charge in [0, 0.05) is 23.8 Å². The van der Waals surface area contributed by atoms with E-state index < -0.39 is 0 Å². The number of morpholine rings is 1. The Morgan fingerprint density at radius 1 is 1.42 bits per heavy atom. The van der Waals surface area contributed by atoms with E-state index in [0.29, 0.717) is 31.3 Å². The van der Waals surface area contributed by atoms with E-state index >= 15 is 0 Å². The van der Waals surface area contributed by atoms with Gasteiger partial charge >= 0.3 is 6.03 Å². The summed E-state index contributed by atoms with van der Waals surface area (Å²) in [5.74, 6) is 0. The van der Waals surface area contributed by atoms with Crippen LogP contribution in [0.1, 0.15) is 12.5 Å². The number of rotatable bonds is 2. The Balaban J connectivity index is 2.08. The Morgan fingerprint density at radius 2 is 2.11 bits per heavy atom. The summed E-state index contributed by atoms with van der Waals surface area (Å²) in [5, 5.41) is 3.50. The lowest BCUT2D eigenvalue weighted by molar-refractivity contribution is 0.0564. The van der Waals surface area contributed by atoms with Gasteiger partial charge in [0.15, 0.2) is 0 Å². The molecular weight excluding hydrogens is 264 g/mol. The number of nitrogens with zero attached hydrogens (tertiary/aromatic N) is 1. The summed E-state index contributed by atoms with van der Waals surface area (Å²) in [6.45, 7) is 8.17. The molecule has 5 heteroatoms. The smallest absolute Gasteiger partial charge is 0.321 e. The van der Waals surface area contributed by atoms with Gasteiger partial charge in [-0.25, -0.2) is 4.79 Å². The number of hydrogen-bond acceptors (Lipinski definition) is 2. The molecule has 1 aliphatic rings. The van der Waals surface area contributed by atoms with Crippen LogP contribution in [0.15, 0.2) is 24.8 Å². The summed E-state index contributed by atoms with van der Waals surface area (Å²) < 4.78 is 5.22. The van der Waals surface area contributed by atoms with E-state index in [1.807, 2.05) is 13.0 Å². The molecule has 0 spiro atoms. The maximum atomic E-state index is 12.0. The lowest BCUT2D eigenvalue weighted by atomic mass is 10.1. The normalized spacial score (nSPS) is 15.2. The van der Waals surface area contributed by atoms with E-state index in [-0.39, 0.29) is 6.03 Å². The van der Waals surface area contributed by atoms with Crippen LogP contribution in [0.4, 0.5) is 10.5 Å². The first kappa shape index (κ1) is 13.9. The molecule has 0 aromatic heterocycles. The highest BCUT2D eigenvalue weighted by molar-refractivity contribution is 6.32. The van der Waals surface area contributed by atoms with Crippen molar-refractivity contribution >= 4 is 28.9 Å². The standard InChI is InChI=1S/C14H17ClN2O2/c1-10(2)12-9-11(3-4-13(12)15)16-14(18)17-5-7-19-8-6-17/h3-4,9H,1,5-8H2,2H3,(H,16,18). The third kappa shape index (κ3) is 3.49. The van der Waals surface area contributed by atoms with Crippen LogP contribution in [0.25, 0.3) is 5.57 Å². The minimum Gasteiger partial charge on any atom is -0.378 e. The van der Waals surface area contributed by atoms with Crippen molar-refractivity contribution in [3.63, 3.8) is 0 Å². The van der Waals surface area contributed by atoms with E-state index in [1.54, 1.807) is 17.0 Å². The number of allylic oxidation sites excluding steroid dienone is 1. The number of carbonyl (C=O) groups excluding carboxylic acids is 1. The first-order valence-corrected chi connectivity index (χ1v) is 6.55. The van der Waals surface area contributed by atoms with E-state index in [4.69, 9.17) is 16.3 Å². The molecule has 0 saturated carbocycles. The monoisotopic (exact) mass is 280 g/mol. The molecule has 0 unspecified atom stereocenters. The highest BCUT2D eigenvalue weighted by atomic mass is 35.5. The quantitative estimate of drug-likeness (QED) is 0.904. The lowest BCUT2D eigenvalue weighted by Crippen LogP contribution is -2.43. The largest absolute Gasteiger partial charge is 0.378 e. The minimum absolute atomic E-state index is 0.113. The van der Waals surface area contributed by atoms with Gasteiger partial charge in [0.1, 0.15) is 0 Å². The Bertz CT molecular complexity index is 496. The third-order valence-electron chi connectivity index (χ3n) is 2.98. The van der Waals surface area contributed by atoms with Crippen molar-refractivity contribution in [2.45, 2.75) is 6.92 Å². The molecule has 19 heavy (non-hydrogen) atoms. The number of carbonyl (C=O) groups is 1. The van der Waals surface area contributed by atoms with Gasteiger partial charge < -0.3 is 15.0 Å². The van der Waals surface area contributed by atoms with Gasteiger partial charge in [0.05, 0.1) is 13.2 Å². The van der Waals surface area contributed by atoms with Crippen molar-refractivity contribution in [3.8, 4) is 0 Å². The summed E-state index contributed by atoms with van der Waals surface area (Å²) in [7, 11) is 0. The molecular formula is C14H17ClN2O2. The van der Waals surface area contributed by atoms with Gasteiger partial charge in [-0.15, -0.1) is 0 Å². The second kappa shape index (κ2) is 6.08. The predicted octanol–water partition coefficient (Wildman–Crippen LogP) is 3.24. The summed E-state index contributed by atoms with van der Waals surface area (Å²) in [6.07, 6.45) is 0. The maximum absolute atomic E-state index is 12.0. The Labute approximate surface area is 118 Å². The van der Waals surface area contributed by atoms with Crippen molar-refractivity contribution in [1.29, 1.82) is 0 Å². The molecule has 2 rings (SSSR count). The second-order valence-corrected chi connectivity index (χ2v) is 4.91. The number of urea groups is 1. The number of anilines is 1. The van der Waals surface area contributed by atoms with Crippen LogP contribution in [-0.2, 0) is 4.74 Å². The van der Waals surface area contributed by atoms with E-state index in [9.17, 15) is 4.79 Å². The average molecular weight is 281 g/mol. The number of nitrogens with one attached hydrogen (secondary N) is 1. The number of hydrogen-bond donors (Lipinski definition) is 1. The molecule has 4 nitrogen and oxygen atoms in total. The van der Waals surface area contributed by atoms with Crippen LogP contribution < -0.4 is 5.32 Å². The van der Waals surface area contributed by atoms with E-state index in [2.05, 4.69) is 11.9 Å². The first-order chi connectivity index (χ1) is 9.08. The molecule has 0 radical (unpaired) electrons. The molecule has 1 aromatic carbocycles. The molecule has 1 aliphatic heterocycles. The van der Waals surface area contributed by atoms with Crippen LogP contribution >= 0.6 is 11.6 Å². The fourth-order valence-corrected chi connectivity index (χ4v) is 2.18. The van der Waals surface area contributed by atoms with Crippen molar-refractivity contribution in [2.75, 3.05) is 31.6 Å². The zero-order valence-corrected chi connectivity index (χ0v) is 11.7. The predicted molar refractivity (Wildman–Crippen MR) is 77.6 cm³/mol. The van der Waals surface area contributed by atoms with Crippen LogP contribution in [0.2, 0.25) is 5.02 Å². The Kier molecular flexibility index (Phi) is 4.45. The molecule has 1 fully saturated rings. The highest BCUT2D eigenvalue weighted by Gasteiger charge is 2.17. The van der Waals surface area contributed by atoms with Crippen molar-refractivity contribution in [2.24, 2.45) is 0 Å². The number of ether oxygens (including phenoxy) is 1. The molecule has 2 amide bonds. The highest BCUT2D eigenvalue weighted by Crippen LogP contribution is 2.26. The van der Waals surface area contributed by atoms with Crippen molar-refractivity contribution in [3.05, 3.63) is 35.4 Å². The molecule has 0 aliphatic carbocycles. The molecule has 102 valence electrons. The van der Waals surface area contributed by atoms with Crippen LogP contribution in [-0.4, -0.2) is 37.2 Å². The van der Waals surface area contributed by atoms with Crippen molar-refractivity contribution < 1.29 is 9.53 Å². The van der Waals surface area contributed by atoms with Gasteiger partial charge in [-0.2, -0.15) is 0 Å². The molecule has 0 bridgehead atoms. The van der Waals surface area contributed by atoms with E-state index in [0.717, 1.165) is 16.8 Å². The van der Waals surface area contributed by atoms with Crippen LogP contribution in [0, 0.1) is 0 Å². The molecule has 1 saturated heterocycles. The first-order valence-electron chi connectivity index (χ1n) is 6.17. The fraction of sp³-hybridized carbons (Fsp3) is 0.357. The van der Waals surface area contributed by atoms with Gasteiger partial charge in [0.2, 0.25) is 0 Å². The zero-order chi connectivity index (χ0) is 13.8. The van der Waals surface area contributed by atoms with Gasteiger partial charge in [-0.1, -0.05) is 18.2 Å². The molecule has 1 aromatic rings. The Morgan fingerprint density at radius 3 is 2.74 bits per heavy atom. The summed E-state index contributed by atoms with van der Waals surface area (Å²) in [4.78, 5) is 13.8.